The van der Waals surface area contributed by atoms with Crippen LogP contribution in [0.5, 0.6) is 0 Å². The molecule has 1 aliphatic rings. The Morgan fingerprint density at radius 1 is 1.26 bits per heavy atom. The van der Waals surface area contributed by atoms with Crippen LogP contribution in [0.25, 0.3) is 0 Å². The van der Waals surface area contributed by atoms with Crippen molar-refractivity contribution < 1.29 is 9.53 Å². The Balaban J connectivity index is 2.01. The van der Waals surface area contributed by atoms with Crippen molar-refractivity contribution in [1.82, 2.24) is 10.6 Å². The van der Waals surface area contributed by atoms with Crippen molar-refractivity contribution >= 4 is 11.9 Å². The molecule has 19 heavy (non-hydrogen) atoms. The number of nitrogens with one attached hydrogen (secondary N) is 2. The Morgan fingerprint density at radius 2 is 2.00 bits per heavy atom. The van der Waals surface area contributed by atoms with Crippen LogP contribution in [-0.2, 0) is 9.53 Å². The van der Waals surface area contributed by atoms with Gasteiger partial charge in [0.05, 0.1) is 7.11 Å². The molecule has 0 radical (unpaired) electrons. The van der Waals surface area contributed by atoms with Gasteiger partial charge in [0.1, 0.15) is 0 Å². The normalized spacial score (nSPS) is 16.4. The van der Waals surface area contributed by atoms with Crippen LogP contribution < -0.4 is 10.6 Å². The largest absolute Gasteiger partial charge is 0.469 e. The number of methoxy groups -OCH3 is 1. The number of carbonyl (C=O) groups is 1. The van der Waals surface area contributed by atoms with Crippen molar-refractivity contribution in [1.29, 1.82) is 0 Å². The van der Waals surface area contributed by atoms with Crippen molar-refractivity contribution in [3.05, 3.63) is 0 Å². The number of esters is 1. The minimum atomic E-state index is -0.119. The highest BCUT2D eigenvalue weighted by Gasteiger charge is 2.15. The molecule has 0 aromatic heterocycles. The third-order valence-electron chi connectivity index (χ3n) is 3.50. The molecule has 1 rings (SSSR count). The van der Waals surface area contributed by atoms with Crippen molar-refractivity contribution in [3.8, 4) is 0 Å². The topological polar surface area (TPSA) is 62.7 Å². The fourth-order valence-electron chi connectivity index (χ4n) is 2.34. The number of rotatable bonds is 7. The second-order valence-corrected chi connectivity index (χ2v) is 5.01. The first kappa shape index (κ1) is 15.8. The van der Waals surface area contributed by atoms with Gasteiger partial charge in [-0.1, -0.05) is 19.3 Å². The van der Waals surface area contributed by atoms with Crippen LogP contribution in [0.15, 0.2) is 4.99 Å². The van der Waals surface area contributed by atoms with Crippen molar-refractivity contribution in [2.45, 2.75) is 57.4 Å². The van der Waals surface area contributed by atoms with Crippen LogP contribution in [0.4, 0.5) is 0 Å². The number of carbonyl (C=O) groups excluding carboxylic acids is 1. The monoisotopic (exact) mass is 269 g/mol. The van der Waals surface area contributed by atoms with Gasteiger partial charge in [-0.05, 0) is 25.7 Å². The number of hydrogen-bond donors (Lipinski definition) is 2. The van der Waals surface area contributed by atoms with Crippen LogP contribution >= 0.6 is 0 Å². The summed E-state index contributed by atoms with van der Waals surface area (Å²) in [5, 5.41) is 6.77. The third-order valence-corrected chi connectivity index (χ3v) is 3.50. The lowest BCUT2D eigenvalue weighted by Gasteiger charge is -2.16. The predicted molar refractivity (Wildman–Crippen MR) is 77.2 cm³/mol. The third kappa shape index (κ3) is 7.03. The standard InChI is InChI=1S/C14H27N3O2/c1-15-14(17-12-8-5-6-9-12)16-11-7-3-4-10-13(18)19-2/h12H,3-11H2,1-2H3,(H2,15,16,17). The zero-order valence-electron chi connectivity index (χ0n) is 12.2. The molecule has 0 spiro atoms. The summed E-state index contributed by atoms with van der Waals surface area (Å²) in [6.45, 7) is 0.896. The van der Waals surface area contributed by atoms with Gasteiger partial charge in [0.2, 0.25) is 0 Å². The molecule has 0 bridgehead atoms. The SMILES string of the molecule is CN=C(NCCCCCC(=O)OC)NC1CCCC1. The molecular weight excluding hydrogens is 242 g/mol. The molecule has 0 amide bonds. The first-order chi connectivity index (χ1) is 9.26. The fraction of sp³-hybridized carbons (Fsp3) is 0.857. The lowest BCUT2D eigenvalue weighted by Crippen LogP contribution is -2.42. The van der Waals surface area contributed by atoms with Crippen molar-refractivity contribution in [3.63, 3.8) is 0 Å². The number of nitrogens with zero attached hydrogens (tertiary/aromatic N) is 1. The van der Waals surface area contributed by atoms with Crippen LogP contribution in [0, 0.1) is 0 Å². The first-order valence-electron chi connectivity index (χ1n) is 7.30. The second-order valence-electron chi connectivity index (χ2n) is 5.01. The summed E-state index contributed by atoms with van der Waals surface area (Å²) in [6.07, 6.45) is 8.63. The number of guanidine groups is 1. The van der Waals surface area contributed by atoms with Crippen LogP contribution in [0.3, 0.4) is 0 Å². The maximum absolute atomic E-state index is 10.9. The molecule has 0 aliphatic heterocycles. The quantitative estimate of drug-likeness (QED) is 0.320. The molecular formula is C14H27N3O2. The van der Waals surface area contributed by atoms with E-state index in [9.17, 15) is 4.79 Å². The maximum atomic E-state index is 10.9. The van der Waals surface area contributed by atoms with E-state index >= 15 is 0 Å². The van der Waals surface area contributed by atoms with E-state index in [2.05, 4.69) is 20.4 Å². The molecule has 0 aromatic rings. The number of hydrogen-bond acceptors (Lipinski definition) is 3. The van der Waals surface area contributed by atoms with Gasteiger partial charge in [-0.25, -0.2) is 0 Å². The smallest absolute Gasteiger partial charge is 0.305 e. The van der Waals surface area contributed by atoms with Gasteiger partial charge in [-0.3, -0.25) is 9.79 Å². The van der Waals surface area contributed by atoms with E-state index in [1.165, 1.54) is 32.8 Å². The molecule has 1 fully saturated rings. The molecule has 0 atom stereocenters. The van der Waals surface area contributed by atoms with E-state index in [1.54, 1.807) is 0 Å². The Labute approximate surface area is 116 Å². The number of ether oxygens (including phenoxy) is 1. The van der Waals surface area contributed by atoms with Gasteiger partial charge in [0, 0.05) is 26.1 Å². The van der Waals surface area contributed by atoms with Gasteiger partial charge < -0.3 is 15.4 Å². The lowest BCUT2D eigenvalue weighted by atomic mass is 10.2. The summed E-state index contributed by atoms with van der Waals surface area (Å²) < 4.78 is 4.60. The fourth-order valence-corrected chi connectivity index (χ4v) is 2.34. The number of unbranched alkanes of at least 4 members (excludes halogenated alkanes) is 2. The summed E-state index contributed by atoms with van der Waals surface area (Å²) in [4.78, 5) is 15.2. The molecule has 5 nitrogen and oxygen atoms in total. The first-order valence-corrected chi connectivity index (χ1v) is 7.30. The summed E-state index contributed by atoms with van der Waals surface area (Å²) in [7, 11) is 3.24. The predicted octanol–water partition coefficient (Wildman–Crippen LogP) is 1.83. The second kappa shape index (κ2) is 9.64. The lowest BCUT2D eigenvalue weighted by molar-refractivity contribution is -0.140. The van der Waals surface area contributed by atoms with E-state index in [0.29, 0.717) is 12.5 Å². The van der Waals surface area contributed by atoms with E-state index in [0.717, 1.165) is 31.8 Å². The molecule has 2 N–H and O–H groups in total. The van der Waals surface area contributed by atoms with E-state index in [4.69, 9.17) is 0 Å². The van der Waals surface area contributed by atoms with E-state index in [-0.39, 0.29) is 5.97 Å². The molecule has 5 heteroatoms. The minimum Gasteiger partial charge on any atom is -0.469 e. The van der Waals surface area contributed by atoms with Gasteiger partial charge >= 0.3 is 5.97 Å². The van der Waals surface area contributed by atoms with Gasteiger partial charge in [0.15, 0.2) is 5.96 Å². The van der Waals surface area contributed by atoms with E-state index in [1.807, 2.05) is 7.05 Å². The maximum Gasteiger partial charge on any atom is 0.305 e. The Hall–Kier alpha value is -1.26. The molecule has 1 saturated carbocycles. The number of aliphatic imine (C=N–C) groups is 1. The highest BCUT2D eigenvalue weighted by atomic mass is 16.5. The summed E-state index contributed by atoms with van der Waals surface area (Å²) >= 11 is 0. The summed E-state index contributed by atoms with van der Waals surface area (Å²) in [6, 6.07) is 0.588. The molecule has 0 saturated heterocycles. The molecule has 1 aliphatic carbocycles. The van der Waals surface area contributed by atoms with Crippen LogP contribution in [0.2, 0.25) is 0 Å². The Bertz CT molecular complexity index is 286. The van der Waals surface area contributed by atoms with Crippen molar-refractivity contribution in [2.75, 3.05) is 20.7 Å². The van der Waals surface area contributed by atoms with Gasteiger partial charge in [-0.2, -0.15) is 0 Å². The van der Waals surface area contributed by atoms with Crippen LogP contribution in [-0.4, -0.2) is 38.7 Å². The molecule has 0 heterocycles. The highest BCUT2D eigenvalue weighted by molar-refractivity contribution is 5.79. The zero-order valence-corrected chi connectivity index (χ0v) is 12.2. The molecule has 0 aromatic carbocycles. The highest BCUT2D eigenvalue weighted by Crippen LogP contribution is 2.17. The average Bonchev–Trinajstić information content (AvgIpc) is 2.93. The van der Waals surface area contributed by atoms with E-state index < -0.39 is 0 Å². The molecule has 0 unspecified atom stereocenters. The van der Waals surface area contributed by atoms with Gasteiger partial charge in [0.25, 0.3) is 0 Å². The van der Waals surface area contributed by atoms with Crippen molar-refractivity contribution in [2.24, 2.45) is 4.99 Å². The van der Waals surface area contributed by atoms with Gasteiger partial charge in [-0.15, -0.1) is 0 Å². The molecule has 110 valence electrons. The average molecular weight is 269 g/mol. The summed E-state index contributed by atoms with van der Waals surface area (Å²) in [5.74, 6) is 0.784. The minimum absolute atomic E-state index is 0.119. The van der Waals surface area contributed by atoms with Crippen LogP contribution in [0.1, 0.15) is 51.4 Å². The zero-order chi connectivity index (χ0) is 13.9. The summed E-state index contributed by atoms with van der Waals surface area (Å²) in [5.41, 5.74) is 0. The Morgan fingerprint density at radius 3 is 2.63 bits per heavy atom. The Kier molecular flexibility index (Phi) is 8.02.